The molecule has 9 heteroatoms. The molecule has 1 saturated carbocycles. The van der Waals surface area contributed by atoms with Crippen molar-refractivity contribution < 1.29 is 17.9 Å². The van der Waals surface area contributed by atoms with Crippen molar-refractivity contribution in [3.05, 3.63) is 42.1 Å². The molecule has 1 aliphatic heterocycles. The molecule has 2 aliphatic rings. The lowest BCUT2D eigenvalue weighted by Crippen LogP contribution is -2.41. The third-order valence-electron chi connectivity index (χ3n) is 8.33. The topological polar surface area (TPSA) is 101 Å². The summed E-state index contributed by atoms with van der Waals surface area (Å²) in [6, 6.07) is 7.88. The molecule has 8 nitrogen and oxygen atoms in total. The summed E-state index contributed by atoms with van der Waals surface area (Å²) >= 11 is 0. The van der Waals surface area contributed by atoms with E-state index in [1.54, 1.807) is 30.5 Å². The first-order valence-corrected chi connectivity index (χ1v) is 15.2. The molecular formula is C29H42N4O4S. The van der Waals surface area contributed by atoms with Crippen molar-refractivity contribution in [1.29, 1.82) is 0 Å². The fourth-order valence-corrected chi connectivity index (χ4v) is 7.14. The van der Waals surface area contributed by atoms with Gasteiger partial charge in [-0.15, -0.1) is 0 Å². The number of nitrogens with zero attached hydrogens (tertiary/aromatic N) is 3. The van der Waals surface area contributed by atoms with Gasteiger partial charge in [-0.05, 0) is 81.4 Å². The van der Waals surface area contributed by atoms with Crippen molar-refractivity contribution in [3.8, 4) is 5.88 Å². The molecule has 208 valence electrons. The van der Waals surface area contributed by atoms with Crippen LogP contribution < -0.4 is 14.4 Å². The second-order valence-corrected chi connectivity index (χ2v) is 13.9. The van der Waals surface area contributed by atoms with Crippen LogP contribution in [0.3, 0.4) is 0 Å². The van der Waals surface area contributed by atoms with Crippen molar-refractivity contribution >= 4 is 21.7 Å². The number of ether oxygens (including phenoxy) is 1. The highest BCUT2D eigenvalue weighted by Crippen LogP contribution is 2.45. The number of hydrogen-bond acceptors (Lipinski definition) is 7. The van der Waals surface area contributed by atoms with Crippen LogP contribution in [0.1, 0.15) is 90.4 Å². The first-order chi connectivity index (χ1) is 17.8. The first-order valence-electron chi connectivity index (χ1n) is 13.8. The summed E-state index contributed by atoms with van der Waals surface area (Å²) < 4.78 is 34.8. The SMILES string of the molecule is CCC(CC1CCCC1(C)C)Oc1cccc(S(=O)(=O)NC(=O)c2cccnc2N2CC(C)CC2(C)C)n1. The van der Waals surface area contributed by atoms with Crippen LogP contribution in [0.2, 0.25) is 0 Å². The minimum absolute atomic E-state index is 0.0541. The van der Waals surface area contributed by atoms with Gasteiger partial charge in [0.25, 0.3) is 15.9 Å². The van der Waals surface area contributed by atoms with Gasteiger partial charge in [-0.25, -0.2) is 9.71 Å². The van der Waals surface area contributed by atoms with Gasteiger partial charge in [-0.2, -0.15) is 13.4 Å². The van der Waals surface area contributed by atoms with Gasteiger partial charge in [0.15, 0.2) is 5.03 Å². The van der Waals surface area contributed by atoms with Crippen LogP contribution in [0.15, 0.2) is 41.6 Å². The van der Waals surface area contributed by atoms with E-state index in [2.05, 4.69) is 61.1 Å². The van der Waals surface area contributed by atoms with Crippen molar-refractivity contribution in [2.45, 2.75) is 96.7 Å². The predicted octanol–water partition coefficient (Wildman–Crippen LogP) is 5.59. The first kappa shape index (κ1) is 28.3. The van der Waals surface area contributed by atoms with Gasteiger partial charge >= 0.3 is 0 Å². The van der Waals surface area contributed by atoms with E-state index in [1.165, 1.54) is 25.3 Å². The smallest absolute Gasteiger partial charge is 0.281 e. The molecule has 3 atom stereocenters. The maximum atomic E-state index is 13.3. The van der Waals surface area contributed by atoms with E-state index in [-0.39, 0.29) is 33.5 Å². The summed E-state index contributed by atoms with van der Waals surface area (Å²) in [5.41, 5.74) is 0.307. The molecule has 1 aliphatic carbocycles. The maximum absolute atomic E-state index is 13.3. The Bertz CT molecular complexity index is 1260. The number of carbonyl (C=O) groups is 1. The number of pyridine rings is 2. The Kier molecular flexibility index (Phi) is 8.07. The number of anilines is 1. The normalized spacial score (nSPS) is 23.3. The number of amides is 1. The Balaban J connectivity index is 1.50. The van der Waals surface area contributed by atoms with Gasteiger partial charge in [0, 0.05) is 24.3 Å². The largest absolute Gasteiger partial charge is 0.474 e. The molecule has 38 heavy (non-hydrogen) atoms. The molecule has 0 radical (unpaired) electrons. The zero-order chi connectivity index (χ0) is 27.7. The highest BCUT2D eigenvalue weighted by molar-refractivity contribution is 7.90. The average molecular weight is 543 g/mol. The maximum Gasteiger partial charge on any atom is 0.281 e. The quantitative estimate of drug-likeness (QED) is 0.440. The Hall–Kier alpha value is -2.68. The monoisotopic (exact) mass is 542 g/mol. The van der Waals surface area contributed by atoms with E-state index in [0.29, 0.717) is 17.7 Å². The summed E-state index contributed by atoms with van der Waals surface area (Å²) in [6.45, 7) is 13.8. The molecule has 2 aromatic heterocycles. The fourth-order valence-electron chi connectivity index (χ4n) is 6.21. The van der Waals surface area contributed by atoms with Crippen LogP contribution in [0.4, 0.5) is 5.82 Å². The van der Waals surface area contributed by atoms with Crippen LogP contribution in [-0.4, -0.2) is 42.5 Å². The van der Waals surface area contributed by atoms with Crippen LogP contribution >= 0.6 is 0 Å². The number of nitrogens with one attached hydrogen (secondary N) is 1. The van der Waals surface area contributed by atoms with E-state index < -0.39 is 15.9 Å². The summed E-state index contributed by atoms with van der Waals surface area (Å²) in [5.74, 6) is 1.01. The van der Waals surface area contributed by atoms with E-state index in [4.69, 9.17) is 4.74 Å². The highest BCUT2D eigenvalue weighted by Gasteiger charge is 2.39. The van der Waals surface area contributed by atoms with Crippen molar-refractivity contribution in [1.82, 2.24) is 14.7 Å². The third-order valence-corrected chi connectivity index (χ3v) is 9.56. The van der Waals surface area contributed by atoms with Gasteiger partial charge in [-0.3, -0.25) is 4.79 Å². The highest BCUT2D eigenvalue weighted by atomic mass is 32.2. The minimum Gasteiger partial charge on any atom is -0.474 e. The van der Waals surface area contributed by atoms with Gasteiger partial charge < -0.3 is 9.64 Å². The molecule has 0 bridgehead atoms. The molecular weight excluding hydrogens is 500 g/mol. The lowest BCUT2D eigenvalue weighted by molar-refractivity contribution is 0.0981. The van der Waals surface area contributed by atoms with Gasteiger partial charge in [0.1, 0.15) is 11.9 Å². The van der Waals surface area contributed by atoms with Crippen LogP contribution in [0.25, 0.3) is 0 Å². The molecule has 2 fully saturated rings. The number of rotatable bonds is 9. The number of sulfonamides is 1. The van der Waals surface area contributed by atoms with Crippen LogP contribution in [-0.2, 0) is 10.0 Å². The van der Waals surface area contributed by atoms with Gasteiger partial charge in [0.05, 0.1) is 5.56 Å². The number of aromatic nitrogens is 2. The summed E-state index contributed by atoms with van der Waals surface area (Å²) in [5, 5.41) is -0.250. The summed E-state index contributed by atoms with van der Waals surface area (Å²) in [7, 11) is -4.23. The molecule has 0 aromatic carbocycles. The average Bonchev–Trinajstić information content (AvgIpc) is 3.33. The van der Waals surface area contributed by atoms with Crippen molar-refractivity contribution in [2.75, 3.05) is 11.4 Å². The molecule has 1 saturated heterocycles. The Morgan fingerprint density at radius 1 is 1.21 bits per heavy atom. The number of carbonyl (C=O) groups excluding carboxylic acids is 1. The third kappa shape index (κ3) is 6.14. The molecule has 3 unspecified atom stereocenters. The molecule has 1 N–H and O–H groups in total. The van der Waals surface area contributed by atoms with Crippen molar-refractivity contribution in [3.63, 3.8) is 0 Å². The van der Waals surface area contributed by atoms with E-state index in [9.17, 15) is 13.2 Å². The van der Waals surface area contributed by atoms with Crippen LogP contribution in [0.5, 0.6) is 5.88 Å². The van der Waals surface area contributed by atoms with Crippen LogP contribution in [0, 0.1) is 17.3 Å². The Labute approximate surface area is 227 Å². The summed E-state index contributed by atoms with van der Waals surface area (Å²) in [4.78, 5) is 24.1. The van der Waals surface area contributed by atoms with Gasteiger partial charge in [-0.1, -0.05) is 40.2 Å². The molecule has 3 heterocycles. The number of hydrogen-bond donors (Lipinski definition) is 1. The Morgan fingerprint density at radius 3 is 2.61 bits per heavy atom. The predicted molar refractivity (Wildman–Crippen MR) is 149 cm³/mol. The second-order valence-electron chi connectivity index (χ2n) is 12.3. The zero-order valence-corrected chi connectivity index (χ0v) is 24.3. The van der Waals surface area contributed by atoms with E-state index in [1.807, 2.05) is 0 Å². The molecule has 0 spiro atoms. The minimum atomic E-state index is -4.23. The second kappa shape index (κ2) is 10.8. The fraction of sp³-hybridized carbons (Fsp3) is 0.621. The van der Waals surface area contributed by atoms with E-state index in [0.717, 1.165) is 25.8 Å². The van der Waals surface area contributed by atoms with Gasteiger partial charge in [0.2, 0.25) is 5.88 Å². The zero-order valence-electron chi connectivity index (χ0n) is 23.5. The summed E-state index contributed by atoms with van der Waals surface area (Å²) in [6.07, 6.45) is 7.87. The standard InChI is InChI=1S/C29H42N4O4S/c1-7-22(17-21-11-9-15-28(21,3)4)37-24-13-8-14-25(31-24)38(35,36)32-27(34)23-12-10-16-30-26(23)33-19-20(2)18-29(33,5)6/h8,10,12-14,16,20-22H,7,9,11,15,17-19H2,1-6H3,(H,32,34). The van der Waals surface area contributed by atoms with Crippen molar-refractivity contribution in [2.24, 2.45) is 17.3 Å². The molecule has 2 aromatic rings. The molecule has 1 amide bonds. The Morgan fingerprint density at radius 2 is 1.97 bits per heavy atom. The van der Waals surface area contributed by atoms with E-state index >= 15 is 0 Å². The lowest BCUT2D eigenvalue weighted by atomic mass is 9.78. The molecule has 4 rings (SSSR count). The lowest BCUT2D eigenvalue weighted by Gasteiger charge is -2.33.